The predicted octanol–water partition coefficient (Wildman–Crippen LogP) is -1.25. The van der Waals surface area contributed by atoms with Gasteiger partial charge in [-0.2, -0.15) is 0 Å². The van der Waals surface area contributed by atoms with Gasteiger partial charge >= 0.3 is 0 Å². The molecule has 2 aliphatic heterocycles. The van der Waals surface area contributed by atoms with Crippen LogP contribution >= 0.6 is 0 Å². The van der Waals surface area contributed by atoms with Gasteiger partial charge in [0.15, 0.2) is 0 Å². The fourth-order valence-corrected chi connectivity index (χ4v) is 2.85. The maximum absolute atomic E-state index is 12.2. The first-order chi connectivity index (χ1) is 9.97. The van der Waals surface area contributed by atoms with Crippen molar-refractivity contribution in [3.8, 4) is 0 Å². The lowest BCUT2D eigenvalue weighted by atomic mass is 9.95. The molecule has 2 heterocycles. The lowest BCUT2D eigenvalue weighted by Crippen LogP contribution is -2.53. The van der Waals surface area contributed by atoms with E-state index in [0.717, 1.165) is 25.9 Å². The molecule has 0 atom stereocenters. The smallest absolute Gasteiger partial charge is 0.239 e. The van der Waals surface area contributed by atoms with Crippen LogP contribution in [0.3, 0.4) is 0 Å². The van der Waals surface area contributed by atoms with Gasteiger partial charge in [-0.25, -0.2) is 0 Å². The van der Waals surface area contributed by atoms with Gasteiger partial charge in [0.25, 0.3) is 0 Å². The van der Waals surface area contributed by atoms with E-state index in [1.165, 1.54) is 0 Å². The van der Waals surface area contributed by atoms with E-state index in [2.05, 4.69) is 10.2 Å². The first-order valence-electron chi connectivity index (χ1n) is 7.45. The van der Waals surface area contributed by atoms with Crippen molar-refractivity contribution in [2.45, 2.75) is 12.8 Å². The third-order valence-corrected chi connectivity index (χ3v) is 4.13. The van der Waals surface area contributed by atoms with E-state index in [-0.39, 0.29) is 30.2 Å². The van der Waals surface area contributed by atoms with E-state index < -0.39 is 0 Å². The number of nitrogens with one attached hydrogen (secondary N) is 1. The van der Waals surface area contributed by atoms with Crippen LogP contribution in [-0.4, -0.2) is 85.8 Å². The Morgan fingerprint density at radius 3 is 2.48 bits per heavy atom. The summed E-state index contributed by atoms with van der Waals surface area (Å²) >= 11 is 0. The highest BCUT2D eigenvalue weighted by molar-refractivity contribution is 5.86. The Bertz CT molecular complexity index is 416. The summed E-state index contributed by atoms with van der Waals surface area (Å²) in [6.07, 6.45) is 1.59. The Labute approximate surface area is 125 Å². The molecule has 0 aliphatic carbocycles. The number of nitrogens with zero attached hydrogens (tertiary/aromatic N) is 3. The van der Waals surface area contributed by atoms with Crippen LogP contribution in [-0.2, 0) is 14.4 Å². The summed E-state index contributed by atoms with van der Waals surface area (Å²) in [5.74, 6) is 0.160. The summed E-state index contributed by atoms with van der Waals surface area (Å²) in [7, 11) is 3.55. The number of likely N-dealkylation sites (tertiary alicyclic amines) is 1. The summed E-state index contributed by atoms with van der Waals surface area (Å²) in [6, 6.07) is 0. The Hall–Kier alpha value is -1.63. The van der Waals surface area contributed by atoms with Gasteiger partial charge in [-0.05, 0) is 25.9 Å². The first kappa shape index (κ1) is 15.8. The molecule has 1 N–H and O–H groups in total. The van der Waals surface area contributed by atoms with Gasteiger partial charge in [-0.1, -0.05) is 0 Å². The molecular formula is C14H24N4O3. The van der Waals surface area contributed by atoms with Crippen LogP contribution in [0.15, 0.2) is 0 Å². The van der Waals surface area contributed by atoms with Crippen LogP contribution in [0.5, 0.6) is 0 Å². The average molecular weight is 296 g/mol. The number of piperazine rings is 1. The Kier molecular flexibility index (Phi) is 5.17. The summed E-state index contributed by atoms with van der Waals surface area (Å²) in [6.45, 7) is 3.14. The highest BCUT2D eigenvalue weighted by Crippen LogP contribution is 2.18. The molecule has 21 heavy (non-hydrogen) atoms. The molecule has 0 saturated carbocycles. The maximum Gasteiger partial charge on any atom is 0.239 e. The largest absolute Gasteiger partial charge is 0.353 e. The zero-order valence-corrected chi connectivity index (χ0v) is 12.8. The van der Waals surface area contributed by atoms with Crippen LogP contribution in [0.2, 0.25) is 0 Å². The van der Waals surface area contributed by atoms with Crippen molar-refractivity contribution >= 4 is 17.7 Å². The molecule has 7 heteroatoms. The monoisotopic (exact) mass is 296 g/mol. The molecule has 0 aromatic rings. The molecular weight excluding hydrogens is 272 g/mol. The lowest BCUT2D eigenvalue weighted by molar-refractivity contribution is -0.139. The number of carbonyl (C=O) groups excluding carboxylic acids is 3. The molecule has 0 radical (unpaired) electrons. The molecule has 2 saturated heterocycles. The second kappa shape index (κ2) is 6.89. The highest BCUT2D eigenvalue weighted by atomic mass is 16.2. The zero-order chi connectivity index (χ0) is 15.4. The van der Waals surface area contributed by atoms with E-state index in [0.29, 0.717) is 19.6 Å². The molecule has 0 aromatic carbocycles. The van der Waals surface area contributed by atoms with Crippen LogP contribution in [0.4, 0.5) is 0 Å². The van der Waals surface area contributed by atoms with Crippen molar-refractivity contribution in [1.29, 1.82) is 0 Å². The topological polar surface area (TPSA) is 73.0 Å². The summed E-state index contributed by atoms with van der Waals surface area (Å²) in [4.78, 5) is 40.7. The lowest BCUT2D eigenvalue weighted by Gasteiger charge is -2.34. The SMILES string of the molecule is CN(C)C(=O)C1CCN(CC(=O)N2CCNC(=O)C2)CC1. The maximum atomic E-state index is 12.2. The van der Waals surface area contributed by atoms with Gasteiger partial charge in [0.2, 0.25) is 17.7 Å². The van der Waals surface area contributed by atoms with Crippen molar-refractivity contribution in [1.82, 2.24) is 20.0 Å². The van der Waals surface area contributed by atoms with Crippen LogP contribution in [0.1, 0.15) is 12.8 Å². The molecule has 0 spiro atoms. The highest BCUT2D eigenvalue weighted by Gasteiger charge is 2.28. The molecule has 0 unspecified atom stereocenters. The van der Waals surface area contributed by atoms with E-state index in [9.17, 15) is 14.4 Å². The summed E-state index contributed by atoms with van der Waals surface area (Å²) < 4.78 is 0. The Morgan fingerprint density at radius 1 is 1.24 bits per heavy atom. The van der Waals surface area contributed by atoms with Crippen molar-refractivity contribution in [2.24, 2.45) is 5.92 Å². The van der Waals surface area contributed by atoms with Crippen LogP contribution in [0, 0.1) is 5.92 Å². The van der Waals surface area contributed by atoms with E-state index in [1.807, 2.05) is 0 Å². The normalized spacial score (nSPS) is 21.0. The quantitative estimate of drug-likeness (QED) is 0.706. The molecule has 2 aliphatic rings. The van der Waals surface area contributed by atoms with E-state index >= 15 is 0 Å². The van der Waals surface area contributed by atoms with Gasteiger partial charge in [0.1, 0.15) is 0 Å². The van der Waals surface area contributed by atoms with Crippen molar-refractivity contribution in [2.75, 3.05) is 53.4 Å². The number of carbonyl (C=O) groups is 3. The van der Waals surface area contributed by atoms with Crippen molar-refractivity contribution in [3.63, 3.8) is 0 Å². The molecule has 118 valence electrons. The molecule has 2 rings (SSSR count). The minimum Gasteiger partial charge on any atom is -0.353 e. The average Bonchev–Trinajstić information content (AvgIpc) is 2.47. The number of piperidine rings is 1. The van der Waals surface area contributed by atoms with E-state index in [1.54, 1.807) is 23.9 Å². The zero-order valence-electron chi connectivity index (χ0n) is 12.8. The van der Waals surface area contributed by atoms with Gasteiger partial charge < -0.3 is 15.1 Å². The standard InChI is InChI=1S/C14H24N4O3/c1-16(2)14(21)11-3-6-17(7-4-11)10-13(20)18-8-5-15-12(19)9-18/h11H,3-10H2,1-2H3,(H,15,19). The second-order valence-electron chi connectivity index (χ2n) is 5.95. The van der Waals surface area contributed by atoms with Gasteiger partial charge in [0.05, 0.1) is 13.1 Å². The predicted molar refractivity (Wildman–Crippen MR) is 77.4 cm³/mol. The second-order valence-corrected chi connectivity index (χ2v) is 5.95. The van der Waals surface area contributed by atoms with Gasteiger partial charge in [0, 0.05) is 33.1 Å². The first-order valence-corrected chi connectivity index (χ1v) is 7.45. The van der Waals surface area contributed by atoms with Crippen molar-refractivity contribution in [3.05, 3.63) is 0 Å². The van der Waals surface area contributed by atoms with E-state index in [4.69, 9.17) is 0 Å². The Morgan fingerprint density at radius 2 is 1.90 bits per heavy atom. The molecule has 0 aromatic heterocycles. The van der Waals surface area contributed by atoms with Crippen LogP contribution < -0.4 is 5.32 Å². The number of hydrogen-bond acceptors (Lipinski definition) is 4. The number of hydrogen-bond donors (Lipinski definition) is 1. The fraction of sp³-hybridized carbons (Fsp3) is 0.786. The van der Waals surface area contributed by atoms with Gasteiger partial charge in [-0.3, -0.25) is 19.3 Å². The molecule has 0 bridgehead atoms. The minimum atomic E-state index is -0.0927. The minimum absolute atomic E-state index is 0.00207. The molecule has 2 fully saturated rings. The third-order valence-electron chi connectivity index (χ3n) is 4.13. The number of amides is 3. The third kappa shape index (κ3) is 4.17. The fourth-order valence-electron chi connectivity index (χ4n) is 2.85. The summed E-state index contributed by atoms with van der Waals surface area (Å²) in [5, 5.41) is 2.71. The van der Waals surface area contributed by atoms with Crippen LogP contribution in [0.25, 0.3) is 0 Å². The molecule has 7 nitrogen and oxygen atoms in total. The summed E-state index contributed by atoms with van der Waals surface area (Å²) in [5.41, 5.74) is 0. The van der Waals surface area contributed by atoms with Gasteiger partial charge in [-0.15, -0.1) is 0 Å². The van der Waals surface area contributed by atoms with Crippen molar-refractivity contribution < 1.29 is 14.4 Å². The Balaban J connectivity index is 1.76. The molecule has 3 amide bonds. The number of rotatable bonds is 3.